The first-order chi connectivity index (χ1) is 5.76. The van der Waals surface area contributed by atoms with E-state index in [-0.39, 0.29) is 18.9 Å². The molecule has 0 bridgehead atoms. The maximum absolute atomic E-state index is 11.4. The molecule has 1 amide bonds. The summed E-state index contributed by atoms with van der Waals surface area (Å²) in [6, 6.07) is 0. The van der Waals surface area contributed by atoms with Gasteiger partial charge in [-0.15, -0.1) is 0 Å². The Kier molecular flexibility index (Phi) is 12.1. The van der Waals surface area contributed by atoms with Gasteiger partial charge in [0.1, 0.15) is 0 Å². The Morgan fingerprint density at radius 2 is 1.46 bits per heavy atom. The van der Waals surface area contributed by atoms with Crippen LogP contribution < -0.4 is 0 Å². The van der Waals surface area contributed by atoms with Crippen molar-refractivity contribution in [3.05, 3.63) is 0 Å². The second kappa shape index (κ2) is 10.2. The van der Waals surface area contributed by atoms with Crippen LogP contribution in [0.15, 0.2) is 0 Å². The van der Waals surface area contributed by atoms with Gasteiger partial charge in [-0.2, -0.15) is 0 Å². The molecule has 0 N–H and O–H groups in total. The summed E-state index contributed by atoms with van der Waals surface area (Å²) in [6.45, 7) is 8.12. The fraction of sp³-hybridized carbons (Fsp3) is 0.900. The molecule has 74 valence electrons. The summed E-state index contributed by atoms with van der Waals surface area (Å²) in [5.74, 6) is 0.321. The molecular formula is C10H22LiNO. The van der Waals surface area contributed by atoms with Gasteiger partial charge in [-0.1, -0.05) is 20.8 Å². The van der Waals surface area contributed by atoms with Crippen LogP contribution in [-0.4, -0.2) is 42.8 Å². The molecule has 0 rings (SSSR count). The van der Waals surface area contributed by atoms with Gasteiger partial charge in [0.05, 0.1) is 0 Å². The molecule has 0 atom stereocenters. The molecule has 13 heavy (non-hydrogen) atoms. The van der Waals surface area contributed by atoms with Crippen LogP contribution in [0.1, 0.15) is 46.5 Å². The van der Waals surface area contributed by atoms with Crippen LogP contribution >= 0.6 is 0 Å². The molecule has 0 spiro atoms. The van der Waals surface area contributed by atoms with Gasteiger partial charge in [0, 0.05) is 19.5 Å². The van der Waals surface area contributed by atoms with Crippen LogP contribution in [0.5, 0.6) is 0 Å². The molecule has 0 aromatic carbocycles. The van der Waals surface area contributed by atoms with Gasteiger partial charge in [0.25, 0.3) is 0 Å². The topological polar surface area (TPSA) is 20.3 Å². The number of carbonyl (C=O) groups is 1. The minimum absolute atomic E-state index is 0. The van der Waals surface area contributed by atoms with Crippen molar-refractivity contribution in [3.8, 4) is 0 Å². The Morgan fingerprint density at radius 3 is 1.77 bits per heavy atom. The molecule has 0 aromatic rings. The molecule has 0 saturated heterocycles. The number of amides is 1. The van der Waals surface area contributed by atoms with Crippen molar-refractivity contribution < 1.29 is 4.79 Å². The van der Waals surface area contributed by atoms with Crippen molar-refractivity contribution in [1.29, 1.82) is 0 Å². The standard InChI is InChI=1S/C10H21NO.Li.H/c1-4-7-10(12)11(8-5-2)9-6-3;;/h4-9H2,1-3H3;;. The van der Waals surface area contributed by atoms with E-state index in [1.807, 2.05) is 11.8 Å². The Morgan fingerprint density at radius 1 is 1.00 bits per heavy atom. The van der Waals surface area contributed by atoms with Crippen molar-refractivity contribution in [1.82, 2.24) is 4.90 Å². The zero-order chi connectivity index (χ0) is 9.40. The number of hydrogen-bond donors (Lipinski definition) is 0. The summed E-state index contributed by atoms with van der Waals surface area (Å²) in [5, 5.41) is 0. The second-order valence-corrected chi connectivity index (χ2v) is 3.13. The van der Waals surface area contributed by atoms with E-state index in [1.165, 1.54) is 0 Å². The molecule has 0 aromatic heterocycles. The van der Waals surface area contributed by atoms with Crippen LogP contribution in [-0.2, 0) is 4.79 Å². The first kappa shape index (κ1) is 15.5. The summed E-state index contributed by atoms with van der Waals surface area (Å²) in [5.41, 5.74) is 0. The SMILES string of the molecule is CCCC(=O)N(CCC)CCC.[LiH]. The molecule has 0 aliphatic rings. The second-order valence-electron chi connectivity index (χ2n) is 3.13. The van der Waals surface area contributed by atoms with Gasteiger partial charge in [-0.05, 0) is 19.3 Å². The van der Waals surface area contributed by atoms with E-state index in [0.717, 1.165) is 32.4 Å². The van der Waals surface area contributed by atoms with Crippen molar-refractivity contribution >= 4 is 24.8 Å². The van der Waals surface area contributed by atoms with E-state index in [9.17, 15) is 4.79 Å². The zero-order valence-electron chi connectivity index (χ0n) is 8.60. The van der Waals surface area contributed by atoms with Crippen molar-refractivity contribution in [2.75, 3.05) is 13.1 Å². The van der Waals surface area contributed by atoms with E-state index in [4.69, 9.17) is 0 Å². The van der Waals surface area contributed by atoms with E-state index in [1.54, 1.807) is 0 Å². The maximum atomic E-state index is 11.4. The van der Waals surface area contributed by atoms with Gasteiger partial charge < -0.3 is 4.90 Å². The van der Waals surface area contributed by atoms with E-state index < -0.39 is 0 Å². The molecule has 0 unspecified atom stereocenters. The Bertz CT molecular complexity index is 122. The number of carbonyl (C=O) groups excluding carboxylic acids is 1. The van der Waals surface area contributed by atoms with E-state index in [0.29, 0.717) is 12.3 Å². The zero-order valence-corrected chi connectivity index (χ0v) is 8.60. The Labute approximate surface area is 94.2 Å². The van der Waals surface area contributed by atoms with Crippen molar-refractivity contribution in [2.24, 2.45) is 0 Å². The summed E-state index contributed by atoms with van der Waals surface area (Å²) in [6.07, 6.45) is 3.80. The normalized spacial score (nSPS) is 9.15. The van der Waals surface area contributed by atoms with Gasteiger partial charge in [-0.25, -0.2) is 0 Å². The van der Waals surface area contributed by atoms with E-state index >= 15 is 0 Å². The molecule has 0 radical (unpaired) electrons. The molecular weight excluding hydrogens is 157 g/mol. The monoisotopic (exact) mass is 179 g/mol. The average Bonchev–Trinajstić information content (AvgIpc) is 2.04. The first-order valence-corrected chi connectivity index (χ1v) is 5.04. The van der Waals surface area contributed by atoms with Crippen LogP contribution in [0.3, 0.4) is 0 Å². The predicted octanol–water partition coefficient (Wildman–Crippen LogP) is 1.79. The molecule has 0 heterocycles. The minimum atomic E-state index is 0. The summed E-state index contributed by atoms with van der Waals surface area (Å²) >= 11 is 0. The number of nitrogens with zero attached hydrogens (tertiary/aromatic N) is 1. The Hall–Kier alpha value is 0.0674. The molecule has 0 fully saturated rings. The van der Waals surface area contributed by atoms with Crippen LogP contribution in [0.2, 0.25) is 0 Å². The predicted molar refractivity (Wildman–Crippen MR) is 59.2 cm³/mol. The average molecular weight is 179 g/mol. The summed E-state index contributed by atoms with van der Waals surface area (Å²) in [4.78, 5) is 13.4. The van der Waals surface area contributed by atoms with Gasteiger partial charge in [0.2, 0.25) is 5.91 Å². The fourth-order valence-corrected chi connectivity index (χ4v) is 1.27. The van der Waals surface area contributed by atoms with Gasteiger partial charge >= 0.3 is 18.9 Å². The molecule has 2 nitrogen and oxygen atoms in total. The summed E-state index contributed by atoms with van der Waals surface area (Å²) in [7, 11) is 0. The van der Waals surface area contributed by atoms with Crippen LogP contribution in [0.4, 0.5) is 0 Å². The number of rotatable bonds is 6. The summed E-state index contributed by atoms with van der Waals surface area (Å²) < 4.78 is 0. The third kappa shape index (κ3) is 7.16. The van der Waals surface area contributed by atoms with Crippen molar-refractivity contribution in [2.45, 2.75) is 46.5 Å². The molecule has 0 aliphatic heterocycles. The first-order valence-electron chi connectivity index (χ1n) is 5.04. The van der Waals surface area contributed by atoms with Gasteiger partial charge in [-0.3, -0.25) is 4.79 Å². The van der Waals surface area contributed by atoms with E-state index in [2.05, 4.69) is 13.8 Å². The third-order valence-electron chi connectivity index (χ3n) is 1.80. The van der Waals surface area contributed by atoms with Crippen LogP contribution in [0.25, 0.3) is 0 Å². The van der Waals surface area contributed by atoms with Gasteiger partial charge in [0.15, 0.2) is 0 Å². The third-order valence-corrected chi connectivity index (χ3v) is 1.80. The number of hydrogen-bond acceptors (Lipinski definition) is 1. The molecule has 3 heteroatoms. The molecule has 0 saturated carbocycles. The van der Waals surface area contributed by atoms with Crippen LogP contribution in [0, 0.1) is 0 Å². The molecule has 0 aliphatic carbocycles. The Balaban J connectivity index is 0. The fourth-order valence-electron chi connectivity index (χ4n) is 1.27. The van der Waals surface area contributed by atoms with Crippen molar-refractivity contribution in [3.63, 3.8) is 0 Å². The quantitative estimate of drug-likeness (QED) is 0.569.